The minimum Gasteiger partial charge on any atom is -0.481 e. The smallest absolute Gasteiger partial charge is 0.307 e. The van der Waals surface area contributed by atoms with Gasteiger partial charge in [-0.05, 0) is 70.5 Å². The van der Waals surface area contributed by atoms with Gasteiger partial charge in [0.25, 0.3) is 0 Å². The van der Waals surface area contributed by atoms with Crippen LogP contribution in [0.15, 0.2) is 102 Å². The van der Waals surface area contributed by atoms with E-state index in [2.05, 4.69) is 59.4 Å². The lowest BCUT2D eigenvalue weighted by atomic mass is 10.0. The number of carboxylic acid groups (broad SMARTS) is 1. The molecule has 0 atom stereocenters. The number of benzene rings is 4. The first kappa shape index (κ1) is 27.8. The van der Waals surface area contributed by atoms with Crippen LogP contribution in [0.3, 0.4) is 0 Å². The van der Waals surface area contributed by atoms with Crippen LogP contribution < -0.4 is 0 Å². The lowest BCUT2D eigenvalue weighted by molar-refractivity contribution is -0.136. The molecule has 1 aromatic heterocycles. The van der Waals surface area contributed by atoms with Crippen LogP contribution in [0.4, 0.5) is 0 Å². The Morgan fingerprint density at radius 2 is 1.65 bits per heavy atom. The second-order valence-electron chi connectivity index (χ2n) is 9.31. The molecule has 0 saturated carbocycles. The van der Waals surface area contributed by atoms with Crippen LogP contribution >= 0.6 is 35.0 Å². The monoisotopic (exact) mass is 584 g/mol. The standard InChI is InChI=1S/C33H26Cl2N2O2S/c1-40-28-4-2-3-26(18-28)25-12-9-22(10-13-25)11-16-32-36-31(29-15-14-27(34)19-30(29)35)21-37(32)20-24-7-5-23(6-8-24)17-33(38)39/h2-16,18-19,21H,17,20H2,1H3,(H,38,39)/b16-11+. The van der Waals surface area contributed by atoms with Crippen LogP contribution in [0.2, 0.25) is 10.0 Å². The number of thioether (sulfide) groups is 1. The highest BCUT2D eigenvalue weighted by Crippen LogP contribution is 2.31. The molecule has 0 radical (unpaired) electrons. The maximum Gasteiger partial charge on any atom is 0.307 e. The number of carboxylic acids is 1. The van der Waals surface area contributed by atoms with Gasteiger partial charge in [0.15, 0.2) is 0 Å². The van der Waals surface area contributed by atoms with E-state index in [-0.39, 0.29) is 6.42 Å². The zero-order chi connectivity index (χ0) is 28.1. The average molecular weight is 586 g/mol. The van der Waals surface area contributed by atoms with Gasteiger partial charge in [-0.1, -0.05) is 89.9 Å². The van der Waals surface area contributed by atoms with Crippen molar-refractivity contribution < 1.29 is 9.90 Å². The fraction of sp³-hybridized carbons (Fsp3) is 0.0909. The summed E-state index contributed by atoms with van der Waals surface area (Å²) in [7, 11) is 0. The van der Waals surface area contributed by atoms with Crippen molar-refractivity contribution in [1.82, 2.24) is 9.55 Å². The van der Waals surface area contributed by atoms with Crippen LogP contribution in [0.1, 0.15) is 22.5 Å². The van der Waals surface area contributed by atoms with E-state index in [0.29, 0.717) is 16.6 Å². The molecule has 1 N–H and O–H groups in total. The largest absolute Gasteiger partial charge is 0.481 e. The number of rotatable bonds is 9. The van der Waals surface area contributed by atoms with E-state index in [0.717, 1.165) is 33.8 Å². The number of aliphatic carboxylic acids is 1. The average Bonchev–Trinajstić information content (AvgIpc) is 3.35. The minimum absolute atomic E-state index is 0.000346. The topological polar surface area (TPSA) is 55.1 Å². The molecule has 0 aliphatic carbocycles. The summed E-state index contributed by atoms with van der Waals surface area (Å²) >= 11 is 14.4. The van der Waals surface area contributed by atoms with Crippen molar-refractivity contribution in [2.75, 3.05) is 6.26 Å². The third-order valence-corrected chi connectivity index (χ3v) is 7.76. The summed E-state index contributed by atoms with van der Waals surface area (Å²) in [6.07, 6.45) is 8.10. The maximum atomic E-state index is 11.0. The van der Waals surface area contributed by atoms with Gasteiger partial charge in [-0.25, -0.2) is 4.98 Å². The molecule has 4 nitrogen and oxygen atoms in total. The molecule has 0 bridgehead atoms. The van der Waals surface area contributed by atoms with Gasteiger partial charge in [-0.15, -0.1) is 11.8 Å². The van der Waals surface area contributed by atoms with Gasteiger partial charge in [-0.3, -0.25) is 4.79 Å². The number of hydrogen-bond acceptors (Lipinski definition) is 3. The number of aromatic nitrogens is 2. The van der Waals surface area contributed by atoms with Crippen molar-refractivity contribution in [1.29, 1.82) is 0 Å². The molecule has 5 rings (SSSR count). The van der Waals surface area contributed by atoms with Crippen LogP contribution in [0.25, 0.3) is 34.5 Å². The van der Waals surface area contributed by atoms with Crippen LogP contribution in [-0.4, -0.2) is 26.9 Å². The van der Waals surface area contributed by atoms with Crippen molar-refractivity contribution >= 4 is 53.1 Å². The quantitative estimate of drug-likeness (QED) is 0.175. The molecule has 4 aromatic carbocycles. The molecule has 7 heteroatoms. The van der Waals surface area contributed by atoms with E-state index < -0.39 is 5.97 Å². The molecule has 0 aliphatic rings. The highest BCUT2D eigenvalue weighted by molar-refractivity contribution is 7.98. The summed E-state index contributed by atoms with van der Waals surface area (Å²) in [6.45, 7) is 0.565. The Kier molecular flexibility index (Phi) is 8.75. The van der Waals surface area contributed by atoms with Crippen LogP contribution in [0.5, 0.6) is 0 Å². The molecular formula is C33H26Cl2N2O2S. The normalized spacial score (nSPS) is 11.3. The molecule has 0 spiro atoms. The summed E-state index contributed by atoms with van der Waals surface area (Å²) in [6, 6.07) is 30.0. The van der Waals surface area contributed by atoms with Gasteiger partial charge in [0.2, 0.25) is 0 Å². The Labute approximate surface area is 247 Å². The molecule has 5 aromatic rings. The first-order chi connectivity index (χ1) is 19.4. The van der Waals surface area contributed by atoms with E-state index in [4.69, 9.17) is 33.3 Å². The van der Waals surface area contributed by atoms with E-state index in [1.807, 2.05) is 48.7 Å². The predicted molar refractivity (Wildman–Crippen MR) is 167 cm³/mol. The number of halogens is 2. The SMILES string of the molecule is CSc1cccc(-c2ccc(/C=C/c3nc(-c4ccc(Cl)cc4Cl)cn3Cc3ccc(CC(=O)O)cc3)cc2)c1. The molecule has 200 valence electrons. The van der Waals surface area contributed by atoms with Crippen molar-refractivity contribution in [2.45, 2.75) is 17.9 Å². The van der Waals surface area contributed by atoms with E-state index in [9.17, 15) is 4.79 Å². The maximum absolute atomic E-state index is 11.0. The molecular weight excluding hydrogens is 559 g/mol. The lowest BCUT2D eigenvalue weighted by Crippen LogP contribution is -2.02. The Bertz CT molecular complexity index is 1680. The van der Waals surface area contributed by atoms with Crippen molar-refractivity contribution in [3.05, 3.63) is 130 Å². The fourth-order valence-electron chi connectivity index (χ4n) is 4.41. The summed E-state index contributed by atoms with van der Waals surface area (Å²) < 4.78 is 2.06. The Balaban J connectivity index is 1.43. The highest BCUT2D eigenvalue weighted by atomic mass is 35.5. The summed E-state index contributed by atoms with van der Waals surface area (Å²) in [4.78, 5) is 17.2. The predicted octanol–water partition coefficient (Wildman–Crippen LogP) is 9.09. The lowest BCUT2D eigenvalue weighted by Gasteiger charge is -2.07. The van der Waals surface area contributed by atoms with Crippen LogP contribution in [0, 0.1) is 0 Å². The molecule has 0 amide bonds. The van der Waals surface area contributed by atoms with Gasteiger partial charge < -0.3 is 9.67 Å². The number of hydrogen-bond donors (Lipinski definition) is 1. The van der Waals surface area contributed by atoms with E-state index in [1.165, 1.54) is 16.0 Å². The number of imidazole rings is 1. The van der Waals surface area contributed by atoms with Gasteiger partial charge >= 0.3 is 5.97 Å². The first-order valence-corrected chi connectivity index (χ1v) is 14.6. The van der Waals surface area contributed by atoms with Crippen molar-refractivity contribution in [3.63, 3.8) is 0 Å². The second kappa shape index (κ2) is 12.6. The molecule has 0 aliphatic heterocycles. The Morgan fingerprint density at radius 3 is 2.35 bits per heavy atom. The molecule has 1 heterocycles. The summed E-state index contributed by atoms with van der Waals surface area (Å²) in [5.41, 5.74) is 6.76. The Hall–Kier alpha value is -3.77. The fourth-order valence-corrected chi connectivity index (χ4v) is 5.38. The third-order valence-electron chi connectivity index (χ3n) is 6.48. The zero-order valence-electron chi connectivity index (χ0n) is 21.7. The second-order valence-corrected chi connectivity index (χ2v) is 11.0. The molecule has 0 saturated heterocycles. The summed E-state index contributed by atoms with van der Waals surface area (Å²) in [5.74, 6) is -0.0758. The van der Waals surface area contributed by atoms with Crippen molar-refractivity contribution in [2.24, 2.45) is 0 Å². The summed E-state index contributed by atoms with van der Waals surface area (Å²) in [5, 5.41) is 10.2. The van der Waals surface area contributed by atoms with Gasteiger partial charge in [-0.2, -0.15) is 0 Å². The van der Waals surface area contributed by atoms with E-state index in [1.54, 1.807) is 23.9 Å². The van der Waals surface area contributed by atoms with Crippen molar-refractivity contribution in [3.8, 4) is 22.4 Å². The van der Waals surface area contributed by atoms with Gasteiger partial charge in [0.05, 0.1) is 17.1 Å². The number of carbonyl (C=O) groups is 1. The van der Waals surface area contributed by atoms with Gasteiger partial charge in [0.1, 0.15) is 5.82 Å². The van der Waals surface area contributed by atoms with Crippen LogP contribution in [-0.2, 0) is 17.8 Å². The highest BCUT2D eigenvalue weighted by Gasteiger charge is 2.12. The van der Waals surface area contributed by atoms with Gasteiger partial charge in [0, 0.05) is 28.2 Å². The van der Waals surface area contributed by atoms with E-state index >= 15 is 0 Å². The molecule has 40 heavy (non-hydrogen) atoms. The molecule has 0 fully saturated rings. The Morgan fingerprint density at radius 1 is 0.900 bits per heavy atom. The number of nitrogens with zero attached hydrogens (tertiary/aromatic N) is 2. The molecule has 0 unspecified atom stereocenters. The minimum atomic E-state index is -0.846. The first-order valence-electron chi connectivity index (χ1n) is 12.6. The zero-order valence-corrected chi connectivity index (χ0v) is 24.0. The third kappa shape index (κ3) is 6.86.